The molecule has 3 aromatic carbocycles. The largest absolute Gasteiger partial charge is 0.457 e. The van der Waals surface area contributed by atoms with Gasteiger partial charge in [-0.05, 0) is 80.0 Å². The van der Waals surface area contributed by atoms with E-state index in [2.05, 4.69) is 21.4 Å². The molecule has 1 amide bonds. The summed E-state index contributed by atoms with van der Waals surface area (Å²) < 4.78 is 5.81. The van der Waals surface area contributed by atoms with Crippen molar-refractivity contribution in [1.82, 2.24) is 15.1 Å². The fourth-order valence-corrected chi connectivity index (χ4v) is 4.42. The van der Waals surface area contributed by atoms with E-state index in [9.17, 15) is 10.1 Å². The van der Waals surface area contributed by atoms with Crippen molar-refractivity contribution in [2.24, 2.45) is 10.7 Å². The first kappa shape index (κ1) is 27.0. The number of hydrogen-bond acceptors (Lipinski definition) is 5. The van der Waals surface area contributed by atoms with Crippen LogP contribution in [0.25, 0.3) is 0 Å². The molecule has 8 nitrogen and oxygen atoms in total. The summed E-state index contributed by atoms with van der Waals surface area (Å²) in [6, 6.07) is 22.8. The predicted molar refractivity (Wildman–Crippen MR) is 149 cm³/mol. The Bertz CT molecular complexity index is 1250. The van der Waals surface area contributed by atoms with E-state index in [1.165, 1.54) is 17.7 Å². The molecule has 38 heavy (non-hydrogen) atoms. The summed E-state index contributed by atoms with van der Waals surface area (Å²) in [6.45, 7) is 3.40. The lowest BCUT2D eigenvalue weighted by Gasteiger charge is -2.26. The smallest absolute Gasteiger partial charge is 0.244 e. The molecular weight excluding hydrogens is 500 g/mol. The van der Waals surface area contributed by atoms with E-state index < -0.39 is 6.04 Å². The van der Waals surface area contributed by atoms with Crippen LogP contribution in [0.2, 0.25) is 5.02 Å². The Morgan fingerprint density at radius 1 is 1.05 bits per heavy atom. The SMILES string of the molecule is N#CN(C(N)=Nc1ccc(Oc2ccc(Cl)cc2)cc1)C(Cc1ccccc1)C(=O)NCCN1CCCC1. The van der Waals surface area contributed by atoms with Crippen LogP contribution in [-0.4, -0.2) is 53.9 Å². The number of carbonyl (C=O) groups is 1. The minimum Gasteiger partial charge on any atom is -0.457 e. The van der Waals surface area contributed by atoms with E-state index in [-0.39, 0.29) is 11.9 Å². The molecule has 1 atom stereocenters. The van der Waals surface area contributed by atoms with Crippen molar-refractivity contribution >= 4 is 29.2 Å². The number of guanidine groups is 1. The van der Waals surface area contributed by atoms with Crippen molar-refractivity contribution < 1.29 is 9.53 Å². The number of amides is 1. The highest BCUT2D eigenvalue weighted by Gasteiger charge is 2.28. The lowest BCUT2D eigenvalue weighted by Crippen LogP contribution is -2.51. The molecule has 0 spiro atoms. The monoisotopic (exact) mass is 530 g/mol. The summed E-state index contributed by atoms with van der Waals surface area (Å²) in [7, 11) is 0. The number of halogens is 1. The minimum absolute atomic E-state index is 0.0607. The van der Waals surface area contributed by atoms with Gasteiger partial charge in [-0.1, -0.05) is 41.9 Å². The average Bonchev–Trinajstić information content (AvgIpc) is 3.45. The zero-order valence-corrected chi connectivity index (χ0v) is 21.8. The average molecular weight is 531 g/mol. The molecule has 9 heteroatoms. The van der Waals surface area contributed by atoms with Gasteiger partial charge in [0.05, 0.1) is 5.69 Å². The maximum Gasteiger partial charge on any atom is 0.244 e. The summed E-state index contributed by atoms with van der Waals surface area (Å²) >= 11 is 5.92. The van der Waals surface area contributed by atoms with Gasteiger partial charge in [0.25, 0.3) is 0 Å². The molecule has 0 saturated carbocycles. The van der Waals surface area contributed by atoms with Crippen LogP contribution >= 0.6 is 11.6 Å². The van der Waals surface area contributed by atoms with Gasteiger partial charge in [0, 0.05) is 24.5 Å². The van der Waals surface area contributed by atoms with Crippen LogP contribution in [0.4, 0.5) is 5.69 Å². The van der Waals surface area contributed by atoms with E-state index >= 15 is 0 Å². The quantitative estimate of drug-likeness (QED) is 0.170. The lowest BCUT2D eigenvalue weighted by atomic mass is 10.0. The van der Waals surface area contributed by atoms with E-state index in [1.54, 1.807) is 48.5 Å². The molecule has 1 unspecified atom stereocenters. The molecule has 0 bridgehead atoms. The van der Waals surface area contributed by atoms with Crippen LogP contribution < -0.4 is 15.8 Å². The first-order valence-corrected chi connectivity index (χ1v) is 13.0. The molecule has 0 aliphatic carbocycles. The second kappa shape index (κ2) is 13.5. The second-order valence-corrected chi connectivity index (χ2v) is 9.47. The molecule has 1 aliphatic heterocycles. The maximum atomic E-state index is 13.3. The molecular formula is C29H31ClN6O2. The van der Waals surface area contributed by atoms with Crippen molar-refractivity contribution in [2.75, 3.05) is 26.2 Å². The van der Waals surface area contributed by atoms with Gasteiger partial charge in [-0.2, -0.15) is 5.26 Å². The topological polar surface area (TPSA) is 107 Å². The number of nitrogens with zero attached hydrogens (tertiary/aromatic N) is 4. The summed E-state index contributed by atoms with van der Waals surface area (Å²) in [5.74, 6) is 0.940. The summed E-state index contributed by atoms with van der Waals surface area (Å²) in [4.78, 5) is 21.2. The number of hydrogen-bond donors (Lipinski definition) is 2. The third-order valence-electron chi connectivity index (χ3n) is 6.30. The molecule has 4 rings (SSSR count). The number of likely N-dealkylation sites (tertiary alicyclic amines) is 1. The molecule has 196 valence electrons. The third kappa shape index (κ3) is 7.72. The van der Waals surface area contributed by atoms with Gasteiger partial charge in [0.2, 0.25) is 11.9 Å². The molecule has 0 aromatic heterocycles. The predicted octanol–water partition coefficient (Wildman–Crippen LogP) is 4.68. The van der Waals surface area contributed by atoms with Crippen LogP contribution in [0, 0.1) is 11.5 Å². The van der Waals surface area contributed by atoms with Crippen molar-refractivity contribution in [3.8, 4) is 17.7 Å². The number of aliphatic imine (C=N–C) groups is 1. The second-order valence-electron chi connectivity index (χ2n) is 9.04. The Balaban J connectivity index is 1.46. The first-order valence-electron chi connectivity index (χ1n) is 12.6. The fourth-order valence-electron chi connectivity index (χ4n) is 4.29. The van der Waals surface area contributed by atoms with E-state index in [0.29, 0.717) is 35.2 Å². The van der Waals surface area contributed by atoms with Crippen LogP contribution in [0.15, 0.2) is 83.9 Å². The molecule has 0 radical (unpaired) electrons. The van der Waals surface area contributed by atoms with Crippen molar-refractivity contribution in [3.05, 3.63) is 89.4 Å². The number of rotatable bonds is 10. The van der Waals surface area contributed by atoms with E-state index in [0.717, 1.165) is 25.2 Å². The Morgan fingerprint density at radius 2 is 1.68 bits per heavy atom. The fraction of sp³-hybridized carbons (Fsp3) is 0.276. The van der Waals surface area contributed by atoms with Crippen molar-refractivity contribution in [2.45, 2.75) is 25.3 Å². The van der Waals surface area contributed by atoms with Crippen molar-refractivity contribution in [3.63, 3.8) is 0 Å². The number of nitrogens with two attached hydrogens (primary N) is 1. The highest BCUT2D eigenvalue weighted by Crippen LogP contribution is 2.25. The molecule has 3 aromatic rings. The van der Waals surface area contributed by atoms with Gasteiger partial charge in [0.1, 0.15) is 17.5 Å². The normalized spacial score (nSPS) is 14.5. The van der Waals surface area contributed by atoms with Crippen LogP contribution in [-0.2, 0) is 11.2 Å². The molecule has 3 N–H and O–H groups in total. The van der Waals surface area contributed by atoms with Crippen LogP contribution in [0.3, 0.4) is 0 Å². The molecule has 1 saturated heterocycles. The van der Waals surface area contributed by atoms with Gasteiger partial charge in [-0.15, -0.1) is 0 Å². The standard InChI is InChI=1S/C29H31ClN6O2/c30-23-8-12-25(13-9-23)38-26-14-10-24(11-15-26)34-29(32)36(21-31)27(20-22-6-2-1-3-7-22)28(37)33-16-19-35-17-4-5-18-35/h1-3,6-15,27H,4-5,16-20H2,(H2,32,34)(H,33,37). The number of ether oxygens (including phenoxy) is 1. The van der Waals surface area contributed by atoms with E-state index in [1.807, 2.05) is 30.3 Å². The number of carbonyl (C=O) groups excluding carboxylic acids is 1. The Labute approximate surface area is 228 Å². The number of nitrogens with one attached hydrogen (secondary N) is 1. The zero-order chi connectivity index (χ0) is 26.7. The Morgan fingerprint density at radius 3 is 2.32 bits per heavy atom. The van der Waals surface area contributed by atoms with Crippen LogP contribution in [0.5, 0.6) is 11.5 Å². The maximum absolute atomic E-state index is 13.3. The molecule has 1 heterocycles. The van der Waals surface area contributed by atoms with E-state index in [4.69, 9.17) is 22.1 Å². The van der Waals surface area contributed by atoms with Crippen molar-refractivity contribution in [1.29, 1.82) is 5.26 Å². The summed E-state index contributed by atoms with van der Waals surface area (Å²) in [5, 5.41) is 13.6. The Hall–Kier alpha value is -4.06. The minimum atomic E-state index is -0.836. The first-order chi connectivity index (χ1) is 18.5. The summed E-state index contributed by atoms with van der Waals surface area (Å²) in [6.07, 6.45) is 4.76. The summed E-state index contributed by atoms with van der Waals surface area (Å²) in [5.41, 5.74) is 7.73. The van der Waals surface area contributed by atoms with Gasteiger partial charge in [-0.25, -0.2) is 9.89 Å². The van der Waals surface area contributed by atoms with Crippen LogP contribution in [0.1, 0.15) is 18.4 Å². The number of nitriles is 1. The highest BCUT2D eigenvalue weighted by atomic mass is 35.5. The highest BCUT2D eigenvalue weighted by molar-refractivity contribution is 6.30. The van der Waals surface area contributed by atoms with Gasteiger partial charge in [-0.3, -0.25) is 4.79 Å². The number of benzene rings is 3. The Kier molecular flexibility index (Phi) is 9.57. The molecule has 1 aliphatic rings. The lowest BCUT2D eigenvalue weighted by molar-refractivity contribution is -0.124. The van der Waals surface area contributed by atoms with Gasteiger partial charge in [0.15, 0.2) is 6.19 Å². The van der Waals surface area contributed by atoms with Gasteiger partial charge >= 0.3 is 0 Å². The third-order valence-corrected chi connectivity index (χ3v) is 6.55. The molecule has 1 fully saturated rings. The zero-order valence-electron chi connectivity index (χ0n) is 21.1. The van der Waals surface area contributed by atoms with Gasteiger partial charge < -0.3 is 20.7 Å².